The number of piperazine rings is 1. The van der Waals surface area contributed by atoms with Gasteiger partial charge in [0.25, 0.3) is 11.8 Å². The number of fused-ring (bicyclic) bond motifs is 1. The van der Waals surface area contributed by atoms with Crippen molar-refractivity contribution >= 4 is 34.7 Å². The highest BCUT2D eigenvalue weighted by Gasteiger charge is 2.40. The second-order valence-electron chi connectivity index (χ2n) is 9.80. The maximum atomic E-state index is 13.2. The number of carbonyl (C=O) groups excluding carboxylic acids is 3. The first-order chi connectivity index (χ1) is 18.0. The lowest BCUT2D eigenvalue weighted by molar-refractivity contribution is -0.134. The third kappa shape index (κ3) is 4.42. The summed E-state index contributed by atoms with van der Waals surface area (Å²) in [6.07, 6.45) is 6.54. The second kappa shape index (κ2) is 9.72. The quantitative estimate of drug-likeness (QED) is 0.622. The Morgan fingerprint density at radius 2 is 1.78 bits per heavy atom. The van der Waals surface area contributed by atoms with E-state index in [1.807, 2.05) is 51.6 Å². The molecule has 0 radical (unpaired) electrons. The average Bonchev–Trinajstić information content (AvgIpc) is 3.45. The van der Waals surface area contributed by atoms with Gasteiger partial charge in [-0.3, -0.25) is 19.3 Å². The van der Waals surface area contributed by atoms with Crippen molar-refractivity contribution in [3.8, 4) is 0 Å². The summed E-state index contributed by atoms with van der Waals surface area (Å²) in [5, 5.41) is 2.36. The molecule has 4 heterocycles. The van der Waals surface area contributed by atoms with Crippen LogP contribution in [0, 0.1) is 5.92 Å². The molecule has 2 fully saturated rings. The van der Waals surface area contributed by atoms with Crippen molar-refractivity contribution in [2.75, 3.05) is 39.3 Å². The van der Waals surface area contributed by atoms with Crippen LogP contribution >= 0.6 is 11.3 Å². The predicted octanol–water partition coefficient (Wildman–Crippen LogP) is 2.62. The molecule has 2 amide bonds. The normalized spacial score (nSPS) is 24.4. The first-order valence-corrected chi connectivity index (χ1v) is 13.5. The van der Waals surface area contributed by atoms with Crippen molar-refractivity contribution in [3.05, 3.63) is 81.9 Å². The summed E-state index contributed by atoms with van der Waals surface area (Å²) in [7, 11) is 0. The number of benzene rings is 1. The fourth-order valence-corrected chi connectivity index (χ4v) is 5.99. The molecule has 2 atom stereocenters. The lowest BCUT2D eigenvalue weighted by atomic mass is 9.84. The van der Waals surface area contributed by atoms with Gasteiger partial charge in [-0.2, -0.15) is 0 Å². The molecule has 2 aromatic rings. The molecule has 0 saturated carbocycles. The van der Waals surface area contributed by atoms with Gasteiger partial charge in [0.2, 0.25) is 0 Å². The fraction of sp³-hybridized carbons (Fsp3) is 0.357. The Bertz CT molecular complexity index is 1300. The van der Waals surface area contributed by atoms with Gasteiger partial charge in [-0.15, -0.1) is 11.3 Å². The molecular weight excluding hydrogens is 488 g/mol. The lowest BCUT2D eigenvalue weighted by Crippen LogP contribution is -2.64. The van der Waals surface area contributed by atoms with Crippen molar-refractivity contribution in [2.24, 2.45) is 5.92 Å². The van der Waals surface area contributed by atoms with Crippen LogP contribution < -0.4 is 0 Å². The van der Waals surface area contributed by atoms with Crippen molar-refractivity contribution in [2.45, 2.75) is 19.1 Å². The number of hydrogen-bond acceptors (Lipinski definition) is 7. The third-order valence-electron chi connectivity index (χ3n) is 7.61. The van der Waals surface area contributed by atoms with Crippen LogP contribution in [-0.2, 0) is 14.3 Å². The summed E-state index contributed by atoms with van der Waals surface area (Å²) in [5.74, 6) is 0.175. The summed E-state index contributed by atoms with van der Waals surface area (Å²) in [5.41, 5.74) is 2.04. The molecule has 3 aliphatic heterocycles. The molecule has 2 saturated heterocycles. The summed E-state index contributed by atoms with van der Waals surface area (Å²) in [6, 6.07) is 9.91. The van der Waals surface area contributed by atoms with E-state index in [-0.39, 0.29) is 17.6 Å². The van der Waals surface area contributed by atoms with Gasteiger partial charge in [-0.1, -0.05) is 42.5 Å². The number of hydrogen-bond donors (Lipinski definition) is 0. The van der Waals surface area contributed by atoms with E-state index in [4.69, 9.17) is 4.74 Å². The molecule has 4 aliphatic rings. The minimum Gasteiger partial charge on any atom is -0.484 e. The maximum absolute atomic E-state index is 13.2. The van der Waals surface area contributed by atoms with Gasteiger partial charge in [0.1, 0.15) is 11.9 Å². The number of thiazole rings is 1. The number of Topliss-reactive ketones (excluding diaryl/α,β-unsaturated/α-hetero) is 1. The molecular formula is C28H28N4O4S. The number of allylic oxidation sites excluding steroid dienone is 1. The summed E-state index contributed by atoms with van der Waals surface area (Å²) in [4.78, 5) is 49.0. The van der Waals surface area contributed by atoms with Crippen molar-refractivity contribution in [1.82, 2.24) is 19.7 Å². The highest BCUT2D eigenvalue weighted by molar-refractivity contribution is 7.11. The molecule has 1 aromatic carbocycles. The van der Waals surface area contributed by atoms with Crippen LogP contribution in [0.2, 0.25) is 0 Å². The SMILES string of the molecule is CC1=C(c2ccccc2)OC2C=C(C(=O)N3CC(N4CCN(C(=O)c5nccs5)CC4)C3)C=CC2C1=O. The zero-order valence-electron chi connectivity index (χ0n) is 20.6. The van der Waals surface area contributed by atoms with E-state index in [9.17, 15) is 14.4 Å². The smallest absolute Gasteiger partial charge is 0.282 e. The number of aromatic nitrogens is 1. The highest BCUT2D eigenvalue weighted by atomic mass is 32.1. The molecule has 1 aliphatic carbocycles. The topological polar surface area (TPSA) is 83.1 Å². The third-order valence-corrected chi connectivity index (χ3v) is 8.37. The number of ether oxygens (including phenoxy) is 1. The fourth-order valence-electron chi connectivity index (χ4n) is 5.39. The Morgan fingerprint density at radius 1 is 1.03 bits per heavy atom. The number of nitrogens with zero attached hydrogens (tertiary/aromatic N) is 4. The van der Waals surface area contributed by atoms with Crippen LogP contribution in [0.3, 0.4) is 0 Å². The largest absolute Gasteiger partial charge is 0.484 e. The van der Waals surface area contributed by atoms with Gasteiger partial charge in [0, 0.05) is 73.6 Å². The monoisotopic (exact) mass is 516 g/mol. The molecule has 190 valence electrons. The van der Waals surface area contributed by atoms with Crippen LogP contribution in [0.25, 0.3) is 5.76 Å². The molecule has 0 spiro atoms. The van der Waals surface area contributed by atoms with E-state index in [0.717, 1.165) is 18.7 Å². The predicted molar refractivity (Wildman–Crippen MR) is 140 cm³/mol. The van der Waals surface area contributed by atoms with Gasteiger partial charge >= 0.3 is 0 Å². The minimum absolute atomic E-state index is 0.00161. The Hall–Kier alpha value is -3.56. The standard InChI is InChI=1S/C28H28N4O4S/c1-18-24(33)22-8-7-20(15-23(22)36-25(18)19-5-3-2-4-6-19)27(34)32-16-21(17-32)30-10-12-31(13-11-30)28(35)26-29-9-14-37-26/h2-9,14-15,21-23H,10-13,16-17H2,1H3. The van der Waals surface area contributed by atoms with Crippen LogP contribution in [0.5, 0.6) is 0 Å². The Balaban J connectivity index is 1.05. The van der Waals surface area contributed by atoms with E-state index in [1.54, 1.807) is 25.3 Å². The molecule has 9 heteroatoms. The molecule has 6 rings (SSSR count). The summed E-state index contributed by atoms with van der Waals surface area (Å²) >= 11 is 1.37. The molecule has 0 bridgehead atoms. The maximum Gasteiger partial charge on any atom is 0.282 e. The molecule has 1 aromatic heterocycles. The number of likely N-dealkylation sites (tertiary alicyclic amines) is 1. The van der Waals surface area contributed by atoms with E-state index < -0.39 is 12.0 Å². The van der Waals surface area contributed by atoms with E-state index in [1.165, 1.54) is 11.3 Å². The zero-order chi connectivity index (χ0) is 25.5. The number of rotatable bonds is 4. The van der Waals surface area contributed by atoms with Crippen LogP contribution in [0.1, 0.15) is 22.3 Å². The van der Waals surface area contributed by atoms with Crippen LogP contribution in [0.15, 0.2) is 71.3 Å². The van der Waals surface area contributed by atoms with Gasteiger partial charge in [0.05, 0.1) is 5.92 Å². The van der Waals surface area contributed by atoms with Gasteiger partial charge in [-0.25, -0.2) is 4.98 Å². The second-order valence-corrected chi connectivity index (χ2v) is 10.7. The van der Waals surface area contributed by atoms with Crippen LogP contribution in [0.4, 0.5) is 0 Å². The average molecular weight is 517 g/mol. The minimum atomic E-state index is -0.490. The summed E-state index contributed by atoms with van der Waals surface area (Å²) < 4.78 is 6.26. The molecule has 0 N–H and O–H groups in total. The number of carbonyl (C=O) groups is 3. The highest BCUT2D eigenvalue weighted by Crippen LogP contribution is 2.36. The van der Waals surface area contributed by atoms with Gasteiger partial charge in [0.15, 0.2) is 10.8 Å². The van der Waals surface area contributed by atoms with Crippen molar-refractivity contribution < 1.29 is 19.1 Å². The van der Waals surface area contributed by atoms with E-state index in [2.05, 4.69) is 9.88 Å². The van der Waals surface area contributed by atoms with Crippen LogP contribution in [-0.4, -0.2) is 88.7 Å². The van der Waals surface area contributed by atoms with E-state index in [0.29, 0.717) is 54.1 Å². The lowest BCUT2D eigenvalue weighted by Gasteiger charge is -2.48. The first-order valence-electron chi connectivity index (χ1n) is 12.6. The Kier molecular flexibility index (Phi) is 6.26. The van der Waals surface area contributed by atoms with Crippen molar-refractivity contribution in [3.63, 3.8) is 0 Å². The number of ketones is 1. The zero-order valence-corrected chi connectivity index (χ0v) is 21.4. The Labute approximate surface area is 219 Å². The molecule has 37 heavy (non-hydrogen) atoms. The summed E-state index contributed by atoms with van der Waals surface area (Å²) in [6.45, 7) is 6.04. The molecule has 8 nitrogen and oxygen atoms in total. The first kappa shape index (κ1) is 23.8. The Morgan fingerprint density at radius 3 is 2.49 bits per heavy atom. The van der Waals surface area contributed by atoms with E-state index >= 15 is 0 Å². The molecule has 2 unspecified atom stereocenters. The van der Waals surface area contributed by atoms with Gasteiger partial charge < -0.3 is 14.5 Å². The van der Waals surface area contributed by atoms with Crippen molar-refractivity contribution in [1.29, 1.82) is 0 Å². The van der Waals surface area contributed by atoms with Gasteiger partial charge in [-0.05, 0) is 13.0 Å². The number of amides is 2.